The molecule has 0 aromatic heterocycles. The Hall–Kier alpha value is -0.210. The van der Waals surface area contributed by atoms with Crippen molar-refractivity contribution in [2.45, 2.75) is 27.2 Å². The summed E-state index contributed by atoms with van der Waals surface area (Å²) < 4.78 is 0. The predicted octanol–water partition coefficient (Wildman–Crippen LogP) is 5.69. The van der Waals surface area contributed by atoms with Crippen LogP contribution in [0.15, 0.2) is 17.7 Å². The van der Waals surface area contributed by atoms with Crippen molar-refractivity contribution in [1.82, 2.24) is 5.32 Å². The van der Waals surface area contributed by atoms with Gasteiger partial charge >= 0.3 is 0 Å². The van der Waals surface area contributed by atoms with Gasteiger partial charge in [-0.25, -0.2) is 0 Å². The van der Waals surface area contributed by atoms with Gasteiger partial charge < -0.3 is 5.32 Å². The first kappa shape index (κ1) is 16.8. The van der Waals surface area contributed by atoms with E-state index in [1.54, 1.807) is 12.1 Å². The Balaban J connectivity index is 2.89. The Kier molecular flexibility index (Phi) is 7.23. The topological polar surface area (TPSA) is 12.0 Å². The molecule has 0 aliphatic carbocycles. The van der Waals surface area contributed by atoms with Crippen LogP contribution in [0.5, 0.6) is 0 Å². The second-order valence-corrected chi connectivity index (χ2v) is 6.13. The van der Waals surface area contributed by atoms with Gasteiger partial charge in [-0.3, -0.25) is 0 Å². The molecule has 0 aliphatic heterocycles. The maximum absolute atomic E-state index is 6.20. The molecular formula is C15H20Cl3N. The SMILES string of the molecule is CC/C(=C/c1c(Cl)ccc(Cl)c1Cl)CNCC(C)C. The largest absolute Gasteiger partial charge is 0.313 e. The first-order chi connectivity index (χ1) is 8.95. The monoisotopic (exact) mass is 319 g/mol. The van der Waals surface area contributed by atoms with Crippen LogP contribution in [-0.2, 0) is 0 Å². The van der Waals surface area contributed by atoms with Gasteiger partial charge in [0.05, 0.1) is 10.0 Å². The minimum Gasteiger partial charge on any atom is -0.313 e. The van der Waals surface area contributed by atoms with Gasteiger partial charge in [-0.15, -0.1) is 0 Å². The highest BCUT2D eigenvalue weighted by atomic mass is 35.5. The summed E-state index contributed by atoms with van der Waals surface area (Å²) in [4.78, 5) is 0. The molecule has 0 spiro atoms. The summed E-state index contributed by atoms with van der Waals surface area (Å²) in [5, 5.41) is 5.10. The van der Waals surface area contributed by atoms with Crippen molar-refractivity contribution in [2.75, 3.05) is 13.1 Å². The van der Waals surface area contributed by atoms with Crippen molar-refractivity contribution in [3.8, 4) is 0 Å². The molecule has 1 aromatic carbocycles. The van der Waals surface area contributed by atoms with Gasteiger partial charge in [0.25, 0.3) is 0 Å². The van der Waals surface area contributed by atoms with Gasteiger partial charge in [0.1, 0.15) is 0 Å². The molecule has 0 unspecified atom stereocenters. The Bertz CT molecular complexity index is 453. The van der Waals surface area contributed by atoms with Crippen molar-refractivity contribution in [2.24, 2.45) is 5.92 Å². The normalized spacial score (nSPS) is 12.3. The number of benzene rings is 1. The molecule has 0 bridgehead atoms. The molecule has 0 atom stereocenters. The summed E-state index contributed by atoms with van der Waals surface area (Å²) in [5.41, 5.74) is 2.06. The minimum atomic E-state index is 0.518. The maximum Gasteiger partial charge on any atom is 0.0679 e. The van der Waals surface area contributed by atoms with Crippen LogP contribution in [0, 0.1) is 5.92 Å². The zero-order chi connectivity index (χ0) is 14.4. The lowest BCUT2D eigenvalue weighted by Crippen LogP contribution is -2.21. The molecule has 1 aromatic rings. The van der Waals surface area contributed by atoms with E-state index in [0.717, 1.165) is 25.1 Å². The van der Waals surface area contributed by atoms with E-state index in [-0.39, 0.29) is 0 Å². The number of hydrogen-bond donors (Lipinski definition) is 1. The van der Waals surface area contributed by atoms with E-state index in [0.29, 0.717) is 21.0 Å². The quantitative estimate of drug-likeness (QED) is 0.664. The van der Waals surface area contributed by atoms with Crippen molar-refractivity contribution < 1.29 is 0 Å². The molecule has 0 radical (unpaired) electrons. The molecule has 106 valence electrons. The zero-order valence-corrected chi connectivity index (χ0v) is 13.8. The molecule has 0 fully saturated rings. The summed E-state index contributed by atoms with van der Waals surface area (Å²) in [6.45, 7) is 8.33. The smallest absolute Gasteiger partial charge is 0.0679 e. The molecular weight excluding hydrogens is 301 g/mol. The van der Waals surface area contributed by atoms with Crippen molar-refractivity contribution in [3.05, 3.63) is 38.3 Å². The Morgan fingerprint density at radius 1 is 1.21 bits per heavy atom. The van der Waals surface area contributed by atoms with Gasteiger partial charge in [-0.2, -0.15) is 0 Å². The lowest BCUT2D eigenvalue weighted by molar-refractivity contribution is 0.569. The fraction of sp³-hybridized carbons (Fsp3) is 0.467. The third kappa shape index (κ3) is 5.35. The Morgan fingerprint density at radius 3 is 2.42 bits per heavy atom. The number of hydrogen-bond acceptors (Lipinski definition) is 1. The van der Waals surface area contributed by atoms with E-state index >= 15 is 0 Å². The van der Waals surface area contributed by atoms with Gasteiger partial charge in [0.15, 0.2) is 0 Å². The molecule has 0 heterocycles. The van der Waals surface area contributed by atoms with Crippen LogP contribution in [0.2, 0.25) is 15.1 Å². The standard InChI is InChI=1S/C15H20Cl3N/c1-4-11(9-19-8-10(2)3)7-12-13(16)5-6-14(17)15(12)18/h5-7,10,19H,4,8-9H2,1-3H3/b11-7-. The first-order valence-electron chi connectivity index (χ1n) is 6.49. The second-order valence-electron chi connectivity index (χ2n) is 4.94. The lowest BCUT2D eigenvalue weighted by atomic mass is 10.1. The molecule has 19 heavy (non-hydrogen) atoms. The van der Waals surface area contributed by atoms with Gasteiger partial charge in [-0.05, 0) is 31.0 Å². The highest BCUT2D eigenvalue weighted by Crippen LogP contribution is 2.33. The fourth-order valence-electron chi connectivity index (χ4n) is 1.68. The minimum absolute atomic E-state index is 0.518. The average molecular weight is 321 g/mol. The molecule has 1 N–H and O–H groups in total. The van der Waals surface area contributed by atoms with Crippen molar-refractivity contribution in [3.63, 3.8) is 0 Å². The van der Waals surface area contributed by atoms with E-state index in [1.807, 2.05) is 6.08 Å². The summed E-state index contributed by atoms with van der Waals surface area (Å²) in [6, 6.07) is 3.49. The van der Waals surface area contributed by atoms with Crippen LogP contribution in [-0.4, -0.2) is 13.1 Å². The average Bonchev–Trinajstić information content (AvgIpc) is 2.36. The maximum atomic E-state index is 6.20. The molecule has 0 aliphatic rings. The first-order valence-corrected chi connectivity index (χ1v) is 7.62. The Labute approximate surface area is 130 Å². The third-order valence-corrected chi connectivity index (χ3v) is 3.94. The molecule has 1 rings (SSSR count). The van der Waals surface area contributed by atoms with Crippen LogP contribution in [0.4, 0.5) is 0 Å². The summed E-state index contributed by atoms with van der Waals surface area (Å²) in [5.74, 6) is 0.636. The fourth-order valence-corrected chi connectivity index (χ4v) is 2.32. The summed E-state index contributed by atoms with van der Waals surface area (Å²) in [6.07, 6.45) is 2.98. The van der Waals surface area contributed by atoms with Crippen LogP contribution in [0.1, 0.15) is 32.8 Å². The summed E-state index contributed by atoms with van der Waals surface area (Å²) >= 11 is 18.4. The summed E-state index contributed by atoms with van der Waals surface area (Å²) in [7, 11) is 0. The van der Waals surface area contributed by atoms with Gasteiger partial charge in [0, 0.05) is 17.1 Å². The van der Waals surface area contributed by atoms with Crippen LogP contribution < -0.4 is 5.32 Å². The van der Waals surface area contributed by atoms with E-state index in [2.05, 4.69) is 26.1 Å². The van der Waals surface area contributed by atoms with E-state index in [4.69, 9.17) is 34.8 Å². The van der Waals surface area contributed by atoms with E-state index in [9.17, 15) is 0 Å². The third-order valence-electron chi connectivity index (χ3n) is 2.79. The molecule has 0 saturated carbocycles. The second kappa shape index (κ2) is 8.16. The van der Waals surface area contributed by atoms with Crippen LogP contribution >= 0.6 is 34.8 Å². The van der Waals surface area contributed by atoms with Gasteiger partial charge in [0.2, 0.25) is 0 Å². The van der Waals surface area contributed by atoms with Crippen LogP contribution in [0.25, 0.3) is 6.08 Å². The lowest BCUT2D eigenvalue weighted by Gasteiger charge is -2.11. The highest BCUT2D eigenvalue weighted by molar-refractivity contribution is 6.44. The van der Waals surface area contributed by atoms with E-state index in [1.165, 1.54) is 5.57 Å². The number of nitrogens with one attached hydrogen (secondary N) is 1. The highest BCUT2D eigenvalue weighted by Gasteiger charge is 2.08. The van der Waals surface area contributed by atoms with Crippen LogP contribution in [0.3, 0.4) is 0 Å². The number of halogens is 3. The molecule has 1 nitrogen and oxygen atoms in total. The molecule has 0 amide bonds. The van der Waals surface area contributed by atoms with Crippen molar-refractivity contribution in [1.29, 1.82) is 0 Å². The van der Waals surface area contributed by atoms with E-state index < -0.39 is 0 Å². The molecule has 4 heteroatoms. The molecule has 0 saturated heterocycles. The predicted molar refractivity (Wildman–Crippen MR) is 87.4 cm³/mol. The van der Waals surface area contributed by atoms with Crippen molar-refractivity contribution >= 4 is 40.9 Å². The number of rotatable bonds is 6. The van der Waals surface area contributed by atoms with Gasteiger partial charge in [-0.1, -0.05) is 67.2 Å². The Morgan fingerprint density at radius 2 is 1.84 bits per heavy atom. The zero-order valence-electron chi connectivity index (χ0n) is 11.6.